The minimum atomic E-state index is 0. The number of piperidine rings is 1. The Morgan fingerprint density at radius 1 is 1.27 bits per heavy atom. The van der Waals surface area contributed by atoms with Crippen molar-refractivity contribution in [3.05, 3.63) is 17.5 Å². The monoisotopic (exact) mass is 493 g/mol. The van der Waals surface area contributed by atoms with E-state index in [1.807, 2.05) is 18.4 Å². The molecule has 0 amide bonds. The number of nitrogens with one attached hydrogen (secondary N) is 2. The highest BCUT2D eigenvalue weighted by Crippen LogP contribution is 2.24. The Morgan fingerprint density at radius 2 is 2.00 bits per heavy atom. The number of thiophene rings is 1. The molecule has 0 bridgehead atoms. The zero-order valence-electron chi connectivity index (χ0n) is 16.5. The van der Waals surface area contributed by atoms with Crippen LogP contribution < -0.4 is 15.5 Å². The summed E-state index contributed by atoms with van der Waals surface area (Å²) in [5.41, 5.74) is 0. The van der Waals surface area contributed by atoms with Gasteiger partial charge < -0.3 is 20.4 Å². The van der Waals surface area contributed by atoms with Crippen molar-refractivity contribution in [2.45, 2.75) is 45.6 Å². The Labute approximate surface area is 180 Å². The molecule has 1 aromatic heterocycles. The molecule has 0 saturated carbocycles. The summed E-state index contributed by atoms with van der Waals surface area (Å²) in [5, 5.41) is 10.6. The first kappa shape index (κ1) is 23.5. The zero-order chi connectivity index (χ0) is 17.9. The molecule has 0 aliphatic carbocycles. The summed E-state index contributed by atoms with van der Waals surface area (Å²) in [6.07, 6.45) is 4.76. The summed E-state index contributed by atoms with van der Waals surface area (Å²) in [6.45, 7) is 11.2. The fraction of sp³-hybridized carbons (Fsp3) is 0.737. The lowest BCUT2D eigenvalue weighted by molar-refractivity contribution is 0.297. The van der Waals surface area contributed by atoms with E-state index < -0.39 is 0 Å². The van der Waals surface area contributed by atoms with Crippen LogP contribution in [0, 0.1) is 0 Å². The van der Waals surface area contributed by atoms with Gasteiger partial charge in [-0.1, -0.05) is 13.8 Å². The number of guanidine groups is 1. The highest BCUT2D eigenvalue weighted by Gasteiger charge is 2.20. The molecule has 1 aliphatic heterocycles. The molecule has 5 nitrogen and oxygen atoms in total. The van der Waals surface area contributed by atoms with Crippen LogP contribution in [-0.4, -0.2) is 63.2 Å². The summed E-state index contributed by atoms with van der Waals surface area (Å²) < 4.78 is 0. The largest absolute Gasteiger partial charge is 0.363 e. The highest BCUT2D eigenvalue weighted by atomic mass is 127. The summed E-state index contributed by atoms with van der Waals surface area (Å²) in [7, 11) is 1.87. The van der Waals surface area contributed by atoms with E-state index in [2.05, 4.69) is 56.8 Å². The highest BCUT2D eigenvalue weighted by molar-refractivity contribution is 14.0. The van der Waals surface area contributed by atoms with Gasteiger partial charge in [-0.15, -0.1) is 35.3 Å². The molecule has 1 aromatic rings. The van der Waals surface area contributed by atoms with Crippen LogP contribution in [0.3, 0.4) is 0 Å². The molecule has 0 radical (unpaired) electrons. The third-order valence-electron chi connectivity index (χ3n) is 4.97. The van der Waals surface area contributed by atoms with Gasteiger partial charge in [0.15, 0.2) is 5.96 Å². The van der Waals surface area contributed by atoms with Crippen LogP contribution in [0.5, 0.6) is 0 Å². The number of hydrogen-bond acceptors (Lipinski definition) is 4. The molecule has 2 rings (SSSR count). The van der Waals surface area contributed by atoms with Gasteiger partial charge in [-0.25, -0.2) is 0 Å². The molecule has 0 aromatic carbocycles. The Bertz CT molecular complexity index is 482. The lowest BCUT2D eigenvalue weighted by Crippen LogP contribution is -2.48. The van der Waals surface area contributed by atoms with Gasteiger partial charge in [0.1, 0.15) is 0 Å². The maximum atomic E-state index is 4.39. The van der Waals surface area contributed by atoms with Crippen molar-refractivity contribution in [2.24, 2.45) is 4.99 Å². The van der Waals surface area contributed by atoms with E-state index in [4.69, 9.17) is 0 Å². The van der Waals surface area contributed by atoms with Crippen molar-refractivity contribution in [3.8, 4) is 0 Å². The molecule has 1 saturated heterocycles. The molecule has 2 N–H and O–H groups in total. The SMILES string of the molecule is CCN(CC)CCCCNC(=NC)NC1CCN(c2cccs2)CC1.I. The molecule has 0 unspecified atom stereocenters. The van der Waals surface area contributed by atoms with E-state index in [0.717, 1.165) is 38.7 Å². The number of rotatable bonds is 9. The van der Waals surface area contributed by atoms with E-state index in [1.54, 1.807) is 0 Å². The molecule has 1 aliphatic rings. The molecule has 2 heterocycles. The number of hydrogen-bond donors (Lipinski definition) is 2. The quantitative estimate of drug-likeness (QED) is 0.239. The van der Waals surface area contributed by atoms with Crippen molar-refractivity contribution in [1.82, 2.24) is 15.5 Å². The second-order valence-corrected chi connectivity index (χ2v) is 7.52. The number of halogens is 1. The molecular weight excluding hydrogens is 457 g/mol. The molecule has 150 valence electrons. The first-order valence-corrected chi connectivity index (χ1v) is 10.6. The van der Waals surface area contributed by atoms with Gasteiger partial charge in [0.2, 0.25) is 0 Å². The minimum Gasteiger partial charge on any atom is -0.363 e. The van der Waals surface area contributed by atoms with Gasteiger partial charge in [-0.05, 0) is 62.8 Å². The first-order valence-electron chi connectivity index (χ1n) is 9.74. The van der Waals surface area contributed by atoms with Crippen LogP contribution in [0.25, 0.3) is 0 Å². The second-order valence-electron chi connectivity index (χ2n) is 6.59. The van der Waals surface area contributed by atoms with Gasteiger partial charge in [0, 0.05) is 32.7 Å². The Kier molecular flexibility index (Phi) is 12.3. The smallest absolute Gasteiger partial charge is 0.191 e. The maximum absolute atomic E-state index is 4.39. The average molecular weight is 494 g/mol. The summed E-state index contributed by atoms with van der Waals surface area (Å²) in [6, 6.07) is 4.88. The van der Waals surface area contributed by atoms with Crippen molar-refractivity contribution in [3.63, 3.8) is 0 Å². The Balaban J connectivity index is 0.00000338. The zero-order valence-corrected chi connectivity index (χ0v) is 19.7. The number of nitrogens with zero attached hydrogens (tertiary/aromatic N) is 3. The van der Waals surface area contributed by atoms with Gasteiger partial charge >= 0.3 is 0 Å². The standard InChI is InChI=1S/C19H35N5S.HI/c1-4-23(5-2)13-7-6-12-21-19(20-3)22-17-10-14-24(15-11-17)18-9-8-16-25-18;/h8-9,16-17H,4-7,10-15H2,1-3H3,(H2,20,21,22);1H. The molecule has 26 heavy (non-hydrogen) atoms. The topological polar surface area (TPSA) is 42.9 Å². The van der Waals surface area contributed by atoms with Gasteiger partial charge in [0.25, 0.3) is 0 Å². The average Bonchev–Trinajstić information content (AvgIpc) is 3.19. The van der Waals surface area contributed by atoms with E-state index in [1.165, 1.54) is 37.2 Å². The predicted molar refractivity (Wildman–Crippen MR) is 126 cm³/mol. The molecule has 1 fully saturated rings. The van der Waals surface area contributed by atoms with Crippen LogP contribution >= 0.6 is 35.3 Å². The molecule has 7 heteroatoms. The summed E-state index contributed by atoms with van der Waals surface area (Å²) in [4.78, 5) is 9.36. The molecule has 0 atom stereocenters. The Morgan fingerprint density at radius 3 is 2.58 bits per heavy atom. The normalized spacial score (nSPS) is 15.8. The first-order chi connectivity index (χ1) is 12.3. The van der Waals surface area contributed by atoms with E-state index in [-0.39, 0.29) is 24.0 Å². The lowest BCUT2D eigenvalue weighted by Gasteiger charge is -2.33. The number of aliphatic imine (C=N–C) groups is 1. The third-order valence-corrected chi connectivity index (χ3v) is 5.89. The lowest BCUT2D eigenvalue weighted by atomic mass is 10.1. The second kappa shape index (κ2) is 13.6. The van der Waals surface area contributed by atoms with Crippen LogP contribution in [0.2, 0.25) is 0 Å². The third kappa shape index (κ3) is 8.00. The van der Waals surface area contributed by atoms with E-state index in [0.29, 0.717) is 6.04 Å². The van der Waals surface area contributed by atoms with Crippen molar-refractivity contribution in [2.75, 3.05) is 51.2 Å². The molecular formula is C19H36IN5S. The Hall–Kier alpha value is -0.540. The van der Waals surface area contributed by atoms with Crippen LogP contribution in [-0.2, 0) is 0 Å². The number of anilines is 1. The summed E-state index contributed by atoms with van der Waals surface area (Å²) in [5.74, 6) is 0.956. The summed E-state index contributed by atoms with van der Waals surface area (Å²) >= 11 is 1.84. The van der Waals surface area contributed by atoms with Crippen molar-refractivity contribution < 1.29 is 0 Å². The van der Waals surface area contributed by atoms with Gasteiger partial charge in [-0.3, -0.25) is 4.99 Å². The van der Waals surface area contributed by atoms with Crippen LogP contribution in [0.4, 0.5) is 5.00 Å². The fourth-order valence-corrected chi connectivity index (χ4v) is 4.07. The van der Waals surface area contributed by atoms with Gasteiger partial charge in [0.05, 0.1) is 5.00 Å². The predicted octanol–water partition coefficient (Wildman–Crippen LogP) is 3.62. The van der Waals surface area contributed by atoms with Crippen LogP contribution in [0.1, 0.15) is 39.5 Å². The number of unbranched alkanes of at least 4 members (excludes halogenated alkanes) is 1. The van der Waals surface area contributed by atoms with Crippen molar-refractivity contribution in [1.29, 1.82) is 0 Å². The van der Waals surface area contributed by atoms with Gasteiger partial charge in [-0.2, -0.15) is 0 Å². The van der Waals surface area contributed by atoms with Crippen molar-refractivity contribution >= 4 is 46.3 Å². The maximum Gasteiger partial charge on any atom is 0.191 e. The van der Waals surface area contributed by atoms with E-state index >= 15 is 0 Å². The van der Waals surface area contributed by atoms with Crippen LogP contribution in [0.15, 0.2) is 22.5 Å². The fourth-order valence-electron chi connectivity index (χ4n) is 3.29. The molecule has 0 spiro atoms. The minimum absolute atomic E-state index is 0. The van der Waals surface area contributed by atoms with E-state index in [9.17, 15) is 0 Å².